The number of methoxy groups -OCH3 is 1. The number of hydrogen-bond donors (Lipinski definition) is 1. The van der Waals surface area contributed by atoms with E-state index in [1.807, 2.05) is 24.3 Å². The van der Waals surface area contributed by atoms with E-state index in [-0.39, 0.29) is 17.6 Å². The van der Waals surface area contributed by atoms with E-state index in [0.717, 1.165) is 12.2 Å². The standard InChI is InChI=1S/C14H21NO2/c1-14(2)12(15)8-13(14)17-9-10-4-6-11(16-3)7-5-10/h4-7,12-13H,8-9,15H2,1-3H3. The largest absolute Gasteiger partial charge is 0.497 e. The van der Waals surface area contributed by atoms with E-state index < -0.39 is 0 Å². The fraction of sp³-hybridized carbons (Fsp3) is 0.571. The van der Waals surface area contributed by atoms with E-state index in [4.69, 9.17) is 15.2 Å². The summed E-state index contributed by atoms with van der Waals surface area (Å²) in [6.45, 7) is 4.98. The molecule has 0 heterocycles. The maximum Gasteiger partial charge on any atom is 0.118 e. The molecule has 1 saturated carbocycles. The van der Waals surface area contributed by atoms with Crippen LogP contribution in [0.15, 0.2) is 24.3 Å². The van der Waals surface area contributed by atoms with Crippen molar-refractivity contribution in [1.29, 1.82) is 0 Å². The first kappa shape index (κ1) is 12.4. The van der Waals surface area contributed by atoms with Crippen molar-refractivity contribution in [3.05, 3.63) is 29.8 Å². The second-order valence-electron chi connectivity index (χ2n) is 5.31. The van der Waals surface area contributed by atoms with Crippen molar-refractivity contribution in [1.82, 2.24) is 0 Å². The van der Waals surface area contributed by atoms with E-state index in [1.165, 1.54) is 5.56 Å². The molecule has 0 aliphatic heterocycles. The van der Waals surface area contributed by atoms with Gasteiger partial charge in [-0.1, -0.05) is 26.0 Å². The highest BCUT2D eigenvalue weighted by Gasteiger charge is 2.46. The second kappa shape index (κ2) is 4.67. The van der Waals surface area contributed by atoms with Gasteiger partial charge in [0.25, 0.3) is 0 Å². The maximum absolute atomic E-state index is 5.96. The summed E-state index contributed by atoms with van der Waals surface area (Å²) in [4.78, 5) is 0. The van der Waals surface area contributed by atoms with E-state index in [2.05, 4.69) is 13.8 Å². The molecule has 2 unspecified atom stereocenters. The molecule has 2 atom stereocenters. The summed E-state index contributed by atoms with van der Waals surface area (Å²) in [6, 6.07) is 8.24. The summed E-state index contributed by atoms with van der Waals surface area (Å²) < 4.78 is 11.0. The van der Waals surface area contributed by atoms with Crippen LogP contribution in [0.3, 0.4) is 0 Å². The Morgan fingerprint density at radius 3 is 2.41 bits per heavy atom. The molecule has 0 aromatic heterocycles. The molecule has 0 bridgehead atoms. The third-order valence-electron chi connectivity index (χ3n) is 3.86. The first-order valence-electron chi connectivity index (χ1n) is 6.04. The molecule has 0 saturated heterocycles. The van der Waals surface area contributed by atoms with Crippen molar-refractivity contribution in [2.75, 3.05) is 7.11 Å². The van der Waals surface area contributed by atoms with Gasteiger partial charge in [-0.3, -0.25) is 0 Å². The van der Waals surface area contributed by atoms with Gasteiger partial charge in [-0.05, 0) is 24.1 Å². The average molecular weight is 235 g/mol. The van der Waals surface area contributed by atoms with Gasteiger partial charge in [-0.2, -0.15) is 0 Å². The molecule has 3 nitrogen and oxygen atoms in total. The number of hydrogen-bond acceptors (Lipinski definition) is 3. The van der Waals surface area contributed by atoms with Gasteiger partial charge in [0, 0.05) is 11.5 Å². The van der Waals surface area contributed by atoms with Crippen molar-refractivity contribution in [3.8, 4) is 5.75 Å². The van der Waals surface area contributed by atoms with E-state index >= 15 is 0 Å². The fourth-order valence-electron chi connectivity index (χ4n) is 2.12. The highest BCUT2D eigenvalue weighted by molar-refractivity contribution is 5.26. The van der Waals surface area contributed by atoms with Crippen LogP contribution in [0.25, 0.3) is 0 Å². The number of ether oxygens (including phenoxy) is 2. The molecular weight excluding hydrogens is 214 g/mol. The van der Waals surface area contributed by atoms with Crippen molar-refractivity contribution >= 4 is 0 Å². The third kappa shape index (κ3) is 2.45. The molecule has 2 N–H and O–H groups in total. The first-order chi connectivity index (χ1) is 8.04. The quantitative estimate of drug-likeness (QED) is 0.871. The Bertz CT molecular complexity index is 372. The molecule has 0 radical (unpaired) electrons. The Morgan fingerprint density at radius 1 is 1.29 bits per heavy atom. The van der Waals surface area contributed by atoms with Crippen LogP contribution < -0.4 is 10.5 Å². The molecular formula is C14H21NO2. The van der Waals surface area contributed by atoms with Gasteiger partial charge in [0.2, 0.25) is 0 Å². The molecule has 94 valence electrons. The van der Waals surface area contributed by atoms with Gasteiger partial charge in [-0.15, -0.1) is 0 Å². The Hall–Kier alpha value is -1.06. The zero-order valence-corrected chi connectivity index (χ0v) is 10.8. The minimum Gasteiger partial charge on any atom is -0.497 e. The van der Waals surface area contributed by atoms with Crippen LogP contribution in [-0.4, -0.2) is 19.3 Å². The summed E-state index contributed by atoms with van der Waals surface area (Å²) in [7, 11) is 1.67. The van der Waals surface area contributed by atoms with E-state index in [0.29, 0.717) is 6.61 Å². The van der Waals surface area contributed by atoms with Crippen LogP contribution in [0.2, 0.25) is 0 Å². The van der Waals surface area contributed by atoms with Gasteiger partial charge in [0.1, 0.15) is 5.75 Å². The predicted octanol–water partition coefficient (Wildman–Crippen LogP) is 2.34. The van der Waals surface area contributed by atoms with Crippen LogP contribution in [-0.2, 0) is 11.3 Å². The Morgan fingerprint density at radius 2 is 1.94 bits per heavy atom. The smallest absolute Gasteiger partial charge is 0.118 e. The van der Waals surface area contributed by atoms with Crippen molar-refractivity contribution < 1.29 is 9.47 Å². The van der Waals surface area contributed by atoms with Gasteiger partial charge in [0.05, 0.1) is 19.8 Å². The molecule has 0 amide bonds. The lowest BCUT2D eigenvalue weighted by atomic mass is 9.65. The van der Waals surface area contributed by atoms with Crippen LogP contribution in [0, 0.1) is 5.41 Å². The average Bonchev–Trinajstić information content (AvgIpc) is 2.35. The number of rotatable bonds is 4. The zero-order chi connectivity index (χ0) is 12.5. The van der Waals surface area contributed by atoms with Crippen LogP contribution in [0.4, 0.5) is 0 Å². The fourth-order valence-corrected chi connectivity index (χ4v) is 2.12. The van der Waals surface area contributed by atoms with Crippen LogP contribution in [0.1, 0.15) is 25.8 Å². The Balaban J connectivity index is 1.86. The topological polar surface area (TPSA) is 44.5 Å². The molecule has 1 aliphatic carbocycles. The van der Waals surface area contributed by atoms with E-state index in [9.17, 15) is 0 Å². The molecule has 17 heavy (non-hydrogen) atoms. The minimum absolute atomic E-state index is 0.104. The van der Waals surface area contributed by atoms with Gasteiger partial charge in [0.15, 0.2) is 0 Å². The number of nitrogens with two attached hydrogens (primary N) is 1. The van der Waals surface area contributed by atoms with E-state index in [1.54, 1.807) is 7.11 Å². The predicted molar refractivity (Wildman–Crippen MR) is 67.9 cm³/mol. The third-order valence-corrected chi connectivity index (χ3v) is 3.86. The van der Waals surface area contributed by atoms with Crippen LogP contribution >= 0.6 is 0 Å². The van der Waals surface area contributed by atoms with Crippen LogP contribution in [0.5, 0.6) is 5.75 Å². The Labute approximate surface area is 103 Å². The summed E-state index contributed by atoms with van der Waals surface area (Å²) >= 11 is 0. The summed E-state index contributed by atoms with van der Waals surface area (Å²) in [5, 5.41) is 0. The second-order valence-corrected chi connectivity index (χ2v) is 5.31. The molecule has 1 fully saturated rings. The van der Waals surface area contributed by atoms with Crippen molar-refractivity contribution in [2.45, 2.75) is 39.0 Å². The normalized spacial score (nSPS) is 26.4. The SMILES string of the molecule is COc1ccc(COC2CC(N)C2(C)C)cc1. The van der Waals surface area contributed by atoms with Gasteiger partial charge in [-0.25, -0.2) is 0 Å². The molecule has 1 aromatic rings. The maximum atomic E-state index is 5.96. The minimum atomic E-state index is 0.104. The molecule has 1 aliphatic rings. The lowest BCUT2D eigenvalue weighted by molar-refractivity contribution is -0.115. The molecule has 2 rings (SSSR count). The molecule has 0 spiro atoms. The Kier molecular flexibility index (Phi) is 3.40. The summed E-state index contributed by atoms with van der Waals surface area (Å²) in [5.74, 6) is 0.875. The summed E-state index contributed by atoms with van der Waals surface area (Å²) in [5.41, 5.74) is 7.23. The lowest BCUT2D eigenvalue weighted by Crippen LogP contribution is -2.58. The highest BCUT2D eigenvalue weighted by atomic mass is 16.5. The van der Waals surface area contributed by atoms with Crippen molar-refractivity contribution in [2.24, 2.45) is 11.1 Å². The summed E-state index contributed by atoms with van der Waals surface area (Å²) in [6.07, 6.45) is 1.24. The number of benzene rings is 1. The van der Waals surface area contributed by atoms with Gasteiger partial charge >= 0.3 is 0 Å². The highest BCUT2D eigenvalue weighted by Crippen LogP contribution is 2.41. The molecule has 1 aromatic carbocycles. The first-order valence-corrected chi connectivity index (χ1v) is 6.04. The monoisotopic (exact) mass is 235 g/mol. The van der Waals surface area contributed by atoms with Gasteiger partial charge < -0.3 is 15.2 Å². The molecule has 3 heteroatoms. The lowest BCUT2D eigenvalue weighted by Gasteiger charge is -2.49. The van der Waals surface area contributed by atoms with Crippen molar-refractivity contribution in [3.63, 3.8) is 0 Å². The zero-order valence-electron chi connectivity index (χ0n) is 10.8.